The zero-order chi connectivity index (χ0) is 18.0. The summed E-state index contributed by atoms with van der Waals surface area (Å²) in [4.78, 5) is 12.3. The van der Waals surface area contributed by atoms with Crippen molar-refractivity contribution in [2.75, 3.05) is 5.73 Å². The van der Waals surface area contributed by atoms with Gasteiger partial charge in [0.1, 0.15) is 0 Å². The van der Waals surface area contributed by atoms with Crippen molar-refractivity contribution in [1.29, 1.82) is 0 Å². The molecule has 3 rings (SSSR count). The quantitative estimate of drug-likeness (QED) is 0.823. The van der Waals surface area contributed by atoms with Crippen LogP contribution in [0, 0.1) is 0 Å². The lowest BCUT2D eigenvalue weighted by molar-refractivity contribution is -0.137. The van der Waals surface area contributed by atoms with Crippen LogP contribution in [-0.4, -0.2) is 5.91 Å². The lowest BCUT2D eigenvalue weighted by Gasteiger charge is -2.26. The van der Waals surface area contributed by atoms with Gasteiger partial charge in [0.2, 0.25) is 5.91 Å². The fourth-order valence-electron chi connectivity index (χ4n) is 3.23. The van der Waals surface area contributed by atoms with E-state index in [9.17, 15) is 18.0 Å². The Labute approximate surface area is 144 Å². The number of carbonyl (C=O) groups is 1. The van der Waals surface area contributed by atoms with Crippen LogP contribution in [0.5, 0.6) is 0 Å². The number of hydrogen-bond acceptors (Lipinski definition) is 2. The van der Waals surface area contributed by atoms with Crippen LogP contribution in [0.25, 0.3) is 0 Å². The van der Waals surface area contributed by atoms with E-state index < -0.39 is 11.7 Å². The summed E-state index contributed by atoms with van der Waals surface area (Å²) in [6.07, 6.45) is -1.57. The standard InChI is InChI=1S/C19H19F3N2O/c20-19(21,22)14-6-4-12(5-7-14)10-18(25)24-17-3-1-2-13-11-15(23)8-9-16(13)17/h4-9,11,17H,1-3,10,23H2,(H,24,25). The van der Waals surface area contributed by atoms with Gasteiger partial charge in [-0.25, -0.2) is 0 Å². The first-order chi connectivity index (χ1) is 11.8. The van der Waals surface area contributed by atoms with E-state index in [1.54, 1.807) is 0 Å². The Kier molecular flexibility index (Phi) is 4.70. The second-order valence-corrected chi connectivity index (χ2v) is 6.34. The fourth-order valence-corrected chi connectivity index (χ4v) is 3.23. The highest BCUT2D eigenvalue weighted by Gasteiger charge is 2.30. The number of nitrogen functional groups attached to an aromatic ring is 1. The average Bonchev–Trinajstić information content (AvgIpc) is 2.54. The van der Waals surface area contributed by atoms with Crippen LogP contribution in [0.3, 0.4) is 0 Å². The molecule has 3 nitrogen and oxygen atoms in total. The van der Waals surface area contributed by atoms with E-state index >= 15 is 0 Å². The highest BCUT2D eigenvalue weighted by Crippen LogP contribution is 2.31. The molecule has 1 amide bonds. The van der Waals surface area contributed by atoms with E-state index in [4.69, 9.17) is 5.73 Å². The lowest BCUT2D eigenvalue weighted by Crippen LogP contribution is -2.32. The van der Waals surface area contributed by atoms with E-state index in [2.05, 4.69) is 5.32 Å². The number of fused-ring (bicyclic) bond motifs is 1. The van der Waals surface area contributed by atoms with Gasteiger partial charge in [-0.2, -0.15) is 13.2 Å². The zero-order valence-corrected chi connectivity index (χ0v) is 13.6. The molecule has 25 heavy (non-hydrogen) atoms. The second kappa shape index (κ2) is 6.78. The van der Waals surface area contributed by atoms with Crippen LogP contribution in [-0.2, 0) is 23.8 Å². The van der Waals surface area contributed by atoms with Crippen molar-refractivity contribution in [2.24, 2.45) is 0 Å². The van der Waals surface area contributed by atoms with Gasteiger partial charge in [0.05, 0.1) is 18.0 Å². The molecule has 132 valence electrons. The number of anilines is 1. The molecule has 0 heterocycles. The van der Waals surface area contributed by atoms with Gasteiger partial charge in [0.25, 0.3) is 0 Å². The summed E-state index contributed by atoms with van der Waals surface area (Å²) >= 11 is 0. The molecule has 1 aliphatic rings. The molecule has 1 unspecified atom stereocenters. The van der Waals surface area contributed by atoms with E-state index in [0.717, 1.165) is 42.5 Å². The summed E-state index contributed by atoms with van der Waals surface area (Å²) in [6, 6.07) is 10.3. The van der Waals surface area contributed by atoms with Crippen LogP contribution < -0.4 is 11.1 Å². The van der Waals surface area contributed by atoms with Gasteiger partial charge in [-0.3, -0.25) is 4.79 Å². The van der Waals surface area contributed by atoms with Crippen LogP contribution in [0.15, 0.2) is 42.5 Å². The van der Waals surface area contributed by atoms with Crippen molar-refractivity contribution in [3.05, 3.63) is 64.7 Å². The maximum atomic E-state index is 12.6. The van der Waals surface area contributed by atoms with Gasteiger partial charge in [-0.15, -0.1) is 0 Å². The van der Waals surface area contributed by atoms with Crippen molar-refractivity contribution in [3.63, 3.8) is 0 Å². The van der Waals surface area contributed by atoms with Crippen molar-refractivity contribution < 1.29 is 18.0 Å². The van der Waals surface area contributed by atoms with Gasteiger partial charge < -0.3 is 11.1 Å². The minimum absolute atomic E-state index is 0.0545. The molecule has 0 aliphatic heterocycles. The molecule has 2 aromatic carbocycles. The number of aryl methyl sites for hydroxylation is 1. The summed E-state index contributed by atoms with van der Waals surface area (Å²) in [5, 5.41) is 2.99. The van der Waals surface area contributed by atoms with Gasteiger partial charge in [0, 0.05) is 5.69 Å². The van der Waals surface area contributed by atoms with Crippen molar-refractivity contribution in [1.82, 2.24) is 5.32 Å². The molecular weight excluding hydrogens is 329 g/mol. The number of nitrogens with one attached hydrogen (secondary N) is 1. The summed E-state index contributed by atoms with van der Waals surface area (Å²) in [6.45, 7) is 0. The molecule has 0 bridgehead atoms. The van der Waals surface area contributed by atoms with Crippen LogP contribution in [0.1, 0.15) is 41.1 Å². The molecule has 1 atom stereocenters. The predicted molar refractivity (Wildman–Crippen MR) is 89.8 cm³/mol. The summed E-state index contributed by atoms with van der Waals surface area (Å²) in [7, 11) is 0. The topological polar surface area (TPSA) is 55.1 Å². The van der Waals surface area contributed by atoms with E-state index in [-0.39, 0.29) is 18.4 Å². The zero-order valence-electron chi connectivity index (χ0n) is 13.6. The number of carbonyl (C=O) groups excluding carboxylic acids is 1. The van der Waals surface area contributed by atoms with Gasteiger partial charge in [-0.1, -0.05) is 18.2 Å². The van der Waals surface area contributed by atoms with Crippen LogP contribution in [0.4, 0.5) is 18.9 Å². The third-order valence-corrected chi connectivity index (χ3v) is 4.46. The van der Waals surface area contributed by atoms with Gasteiger partial charge in [0.15, 0.2) is 0 Å². The molecule has 0 saturated heterocycles. The highest BCUT2D eigenvalue weighted by atomic mass is 19.4. The number of nitrogens with two attached hydrogens (primary N) is 1. The number of amides is 1. The number of hydrogen-bond donors (Lipinski definition) is 2. The monoisotopic (exact) mass is 348 g/mol. The van der Waals surface area contributed by atoms with E-state index in [0.29, 0.717) is 11.3 Å². The first kappa shape index (κ1) is 17.3. The first-order valence-electron chi connectivity index (χ1n) is 8.17. The molecule has 3 N–H and O–H groups in total. The first-order valence-corrected chi connectivity index (χ1v) is 8.17. The molecular formula is C19H19F3N2O. The maximum absolute atomic E-state index is 12.6. The third-order valence-electron chi connectivity index (χ3n) is 4.46. The minimum atomic E-state index is -4.37. The average molecular weight is 348 g/mol. The molecule has 0 aromatic heterocycles. The SMILES string of the molecule is Nc1ccc2c(c1)CCCC2NC(=O)Cc1ccc(C(F)(F)F)cc1. The van der Waals surface area contributed by atoms with E-state index in [1.165, 1.54) is 12.1 Å². The van der Waals surface area contributed by atoms with Crippen molar-refractivity contribution in [2.45, 2.75) is 37.9 Å². The second-order valence-electron chi connectivity index (χ2n) is 6.34. The van der Waals surface area contributed by atoms with Crippen molar-refractivity contribution in [3.8, 4) is 0 Å². The smallest absolute Gasteiger partial charge is 0.399 e. The fraction of sp³-hybridized carbons (Fsp3) is 0.316. The van der Waals surface area contributed by atoms with E-state index in [1.807, 2.05) is 18.2 Å². The normalized spacial score (nSPS) is 17.0. The number of halogens is 3. The van der Waals surface area contributed by atoms with Gasteiger partial charge in [-0.05, 0) is 60.2 Å². The number of benzene rings is 2. The molecule has 2 aromatic rings. The van der Waals surface area contributed by atoms with Crippen LogP contribution >= 0.6 is 0 Å². The molecule has 0 spiro atoms. The maximum Gasteiger partial charge on any atom is 0.416 e. The molecule has 0 saturated carbocycles. The summed E-state index contributed by atoms with van der Waals surface area (Å²) in [5.41, 5.74) is 8.57. The number of alkyl halides is 3. The Bertz CT molecular complexity index is 769. The third kappa shape index (κ3) is 4.13. The minimum Gasteiger partial charge on any atom is -0.399 e. The Hall–Kier alpha value is -2.50. The summed E-state index contributed by atoms with van der Waals surface area (Å²) < 4.78 is 37.7. The Balaban J connectivity index is 1.66. The van der Waals surface area contributed by atoms with Crippen LogP contribution in [0.2, 0.25) is 0 Å². The Morgan fingerprint density at radius 3 is 2.56 bits per heavy atom. The molecule has 0 radical (unpaired) electrons. The predicted octanol–water partition coefficient (Wildman–Crippen LogP) is 4.02. The number of rotatable bonds is 3. The van der Waals surface area contributed by atoms with Crippen molar-refractivity contribution >= 4 is 11.6 Å². The molecule has 0 fully saturated rings. The molecule has 1 aliphatic carbocycles. The Morgan fingerprint density at radius 1 is 1.16 bits per heavy atom. The highest BCUT2D eigenvalue weighted by molar-refractivity contribution is 5.79. The molecule has 6 heteroatoms. The Morgan fingerprint density at radius 2 is 1.88 bits per heavy atom. The summed E-state index contributed by atoms with van der Waals surface area (Å²) in [5.74, 6) is -0.200. The lowest BCUT2D eigenvalue weighted by atomic mass is 9.87. The largest absolute Gasteiger partial charge is 0.416 e. The van der Waals surface area contributed by atoms with Gasteiger partial charge >= 0.3 is 6.18 Å².